The minimum atomic E-state index is -0.610. The molecule has 0 saturated heterocycles. The fourth-order valence-electron chi connectivity index (χ4n) is 1.89. The Kier molecular flexibility index (Phi) is 3.59. The Bertz CT molecular complexity index is 584. The Hall–Kier alpha value is -1.92. The summed E-state index contributed by atoms with van der Waals surface area (Å²) in [6, 6.07) is 1.25. The lowest BCUT2D eigenvalue weighted by molar-refractivity contribution is -0.0143. The average molecular weight is 250 g/mol. The molecule has 2 rings (SSSR count). The molecule has 1 aliphatic rings. The number of ether oxygens (including phenoxy) is 1. The van der Waals surface area contributed by atoms with E-state index >= 15 is 0 Å². The third kappa shape index (κ3) is 2.34. The number of H-pyrrole nitrogens is 1. The van der Waals surface area contributed by atoms with Crippen molar-refractivity contribution < 1.29 is 9.84 Å². The van der Waals surface area contributed by atoms with Gasteiger partial charge in [0.15, 0.2) is 6.23 Å². The second-order valence-corrected chi connectivity index (χ2v) is 3.95. The first-order valence-electron chi connectivity index (χ1n) is 5.55. The van der Waals surface area contributed by atoms with Gasteiger partial charge < -0.3 is 9.84 Å². The molecule has 0 saturated carbocycles. The molecule has 2 atom stereocenters. The number of nitrogens with one attached hydrogen (secondary N) is 1. The Balaban J connectivity index is 2.33. The van der Waals surface area contributed by atoms with Crippen molar-refractivity contribution in [3.8, 4) is 0 Å². The first-order valence-corrected chi connectivity index (χ1v) is 5.55. The van der Waals surface area contributed by atoms with Gasteiger partial charge in [-0.2, -0.15) is 0 Å². The number of rotatable bonds is 4. The van der Waals surface area contributed by atoms with Crippen LogP contribution in [0.1, 0.15) is 12.6 Å². The minimum Gasteiger partial charge on any atom is -0.393 e. The maximum absolute atomic E-state index is 11.6. The Morgan fingerprint density at radius 2 is 2.33 bits per heavy atom. The summed E-state index contributed by atoms with van der Waals surface area (Å²) in [6.07, 6.45) is 4.36. The van der Waals surface area contributed by atoms with Crippen molar-refractivity contribution in [3.63, 3.8) is 0 Å². The van der Waals surface area contributed by atoms with Gasteiger partial charge in [-0.15, -0.1) is 6.58 Å². The Morgan fingerprint density at radius 1 is 1.56 bits per heavy atom. The first-order chi connectivity index (χ1) is 8.65. The maximum atomic E-state index is 11.6. The standard InChI is InChI=1S/C12H14N2O4/c1-2-3-8-6-11(18-9(8)7-15)14-5-4-10(16)13-12(14)17/h2,4-6,9,11,15H,1,3,7H2,(H,13,16,17)/t9-,11-/m1/s1. The van der Waals surface area contributed by atoms with Crippen LogP contribution in [0.25, 0.3) is 0 Å². The van der Waals surface area contributed by atoms with E-state index in [1.165, 1.54) is 16.8 Å². The van der Waals surface area contributed by atoms with Gasteiger partial charge in [0.1, 0.15) is 6.10 Å². The van der Waals surface area contributed by atoms with Gasteiger partial charge in [0.2, 0.25) is 0 Å². The molecular formula is C12H14N2O4. The molecule has 0 unspecified atom stereocenters. The molecule has 2 heterocycles. The van der Waals surface area contributed by atoms with Crippen molar-refractivity contribution in [3.05, 3.63) is 57.4 Å². The third-order valence-electron chi connectivity index (χ3n) is 2.75. The molecule has 6 nitrogen and oxygen atoms in total. The zero-order valence-electron chi connectivity index (χ0n) is 9.70. The molecule has 2 N–H and O–H groups in total. The van der Waals surface area contributed by atoms with Gasteiger partial charge in [0.05, 0.1) is 6.61 Å². The van der Waals surface area contributed by atoms with Gasteiger partial charge in [-0.1, -0.05) is 6.08 Å². The molecule has 0 fully saturated rings. The molecule has 96 valence electrons. The van der Waals surface area contributed by atoms with E-state index in [2.05, 4.69) is 11.6 Å². The van der Waals surface area contributed by atoms with Crippen molar-refractivity contribution in [1.82, 2.24) is 9.55 Å². The van der Waals surface area contributed by atoms with Crippen molar-refractivity contribution >= 4 is 0 Å². The topological polar surface area (TPSA) is 84.3 Å². The third-order valence-corrected chi connectivity index (χ3v) is 2.75. The van der Waals surface area contributed by atoms with Gasteiger partial charge >= 0.3 is 5.69 Å². The van der Waals surface area contributed by atoms with Gasteiger partial charge in [0, 0.05) is 12.3 Å². The number of aliphatic hydroxyl groups excluding tert-OH is 1. The fraction of sp³-hybridized carbons (Fsp3) is 0.333. The molecule has 0 spiro atoms. The van der Waals surface area contributed by atoms with Crippen LogP contribution in [-0.4, -0.2) is 27.4 Å². The lowest BCUT2D eigenvalue weighted by Gasteiger charge is -2.15. The number of aromatic amines is 1. The summed E-state index contributed by atoms with van der Waals surface area (Å²) in [7, 11) is 0. The Labute approximate surface area is 103 Å². The summed E-state index contributed by atoms with van der Waals surface area (Å²) in [5.74, 6) is 0. The Morgan fingerprint density at radius 3 is 2.94 bits per heavy atom. The lowest BCUT2D eigenvalue weighted by atomic mass is 10.1. The van der Waals surface area contributed by atoms with Crippen LogP contribution in [0.4, 0.5) is 0 Å². The molecule has 6 heteroatoms. The molecule has 1 aromatic rings. The van der Waals surface area contributed by atoms with Crippen LogP contribution < -0.4 is 11.2 Å². The summed E-state index contributed by atoms with van der Waals surface area (Å²) in [6.45, 7) is 3.47. The highest BCUT2D eigenvalue weighted by Gasteiger charge is 2.27. The van der Waals surface area contributed by atoms with E-state index in [0.717, 1.165) is 5.57 Å². The number of nitrogens with zero attached hydrogens (tertiary/aromatic N) is 1. The van der Waals surface area contributed by atoms with Crippen LogP contribution in [0, 0.1) is 0 Å². The van der Waals surface area contributed by atoms with Gasteiger partial charge in [-0.05, 0) is 18.1 Å². The summed E-state index contributed by atoms with van der Waals surface area (Å²) < 4.78 is 6.80. The van der Waals surface area contributed by atoms with E-state index in [9.17, 15) is 14.7 Å². The van der Waals surface area contributed by atoms with Gasteiger partial charge in [-0.25, -0.2) is 4.79 Å². The molecule has 1 aromatic heterocycles. The van der Waals surface area contributed by atoms with Crippen LogP contribution in [0.5, 0.6) is 0 Å². The van der Waals surface area contributed by atoms with Gasteiger partial charge in [0.25, 0.3) is 5.56 Å². The predicted molar refractivity (Wildman–Crippen MR) is 65.2 cm³/mol. The number of allylic oxidation sites excluding steroid dienone is 1. The maximum Gasteiger partial charge on any atom is 0.330 e. The van der Waals surface area contributed by atoms with Crippen LogP contribution >= 0.6 is 0 Å². The second-order valence-electron chi connectivity index (χ2n) is 3.95. The van der Waals surface area contributed by atoms with Crippen LogP contribution in [0.3, 0.4) is 0 Å². The minimum absolute atomic E-state index is 0.158. The predicted octanol–water partition coefficient (Wildman–Crippen LogP) is -0.0712. The highest BCUT2D eigenvalue weighted by molar-refractivity contribution is 5.18. The van der Waals surface area contributed by atoms with Crippen molar-refractivity contribution in [1.29, 1.82) is 0 Å². The second kappa shape index (κ2) is 5.16. The monoisotopic (exact) mass is 250 g/mol. The highest BCUT2D eigenvalue weighted by atomic mass is 16.5. The zero-order valence-corrected chi connectivity index (χ0v) is 9.70. The first kappa shape index (κ1) is 12.5. The SMILES string of the molecule is C=CCC1=C[C@H](n2ccc(=O)[nH]c2=O)O[C@@H]1CO. The number of hydrogen-bond donors (Lipinski definition) is 2. The summed E-state index contributed by atoms with van der Waals surface area (Å²) in [5, 5.41) is 9.20. The van der Waals surface area contributed by atoms with Gasteiger partial charge in [-0.3, -0.25) is 14.3 Å². The number of aromatic nitrogens is 2. The zero-order chi connectivity index (χ0) is 13.1. The van der Waals surface area contributed by atoms with E-state index in [0.29, 0.717) is 6.42 Å². The molecule has 1 aliphatic heterocycles. The molecule has 0 aromatic carbocycles. The molecule has 0 radical (unpaired) electrons. The van der Waals surface area contributed by atoms with E-state index < -0.39 is 23.6 Å². The molecule has 0 aliphatic carbocycles. The van der Waals surface area contributed by atoms with E-state index in [1.807, 2.05) is 0 Å². The fourth-order valence-corrected chi connectivity index (χ4v) is 1.89. The quantitative estimate of drug-likeness (QED) is 0.732. The summed E-state index contributed by atoms with van der Waals surface area (Å²) in [5.41, 5.74) is -0.126. The molecule has 0 bridgehead atoms. The number of aliphatic hydroxyl groups is 1. The van der Waals surface area contributed by atoms with E-state index in [1.54, 1.807) is 12.2 Å². The average Bonchev–Trinajstić information content (AvgIpc) is 2.72. The van der Waals surface area contributed by atoms with E-state index in [-0.39, 0.29) is 6.61 Å². The summed E-state index contributed by atoms with van der Waals surface area (Å²) in [4.78, 5) is 24.7. The number of hydrogen-bond acceptors (Lipinski definition) is 4. The van der Waals surface area contributed by atoms with Crippen LogP contribution in [0.15, 0.2) is 46.2 Å². The lowest BCUT2D eigenvalue weighted by Crippen LogP contribution is -2.32. The van der Waals surface area contributed by atoms with Crippen molar-refractivity contribution in [2.45, 2.75) is 18.8 Å². The molecule has 18 heavy (non-hydrogen) atoms. The van der Waals surface area contributed by atoms with Crippen molar-refractivity contribution in [2.75, 3.05) is 6.61 Å². The molecule has 0 amide bonds. The normalized spacial score (nSPS) is 22.8. The van der Waals surface area contributed by atoms with E-state index in [4.69, 9.17) is 4.74 Å². The largest absolute Gasteiger partial charge is 0.393 e. The highest BCUT2D eigenvalue weighted by Crippen LogP contribution is 2.27. The smallest absolute Gasteiger partial charge is 0.330 e. The molecular weight excluding hydrogens is 236 g/mol. The van der Waals surface area contributed by atoms with Crippen molar-refractivity contribution in [2.24, 2.45) is 0 Å². The summed E-state index contributed by atoms with van der Waals surface area (Å²) >= 11 is 0. The van der Waals surface area contributed by atoms with Crippen LogP contribution in [-0.2, 0) is 4.74 Å². The van der Waals surface area contributed by atoms with Crippen LogP contribution in [0.2, 0.25) is 0 Å².